The van der Waals surface area contributed by atoms with E-state index in [9.17, 15) is 22.8 Å². The molecular formula is C24H30F4O4S. The Labute approximate surface area is 195 Å². The molecule has 0 N–H and O–H groups in total. The highest BCUT2D eigenvalue weighted by Crippen LogP contribution is 2.44. The molecule has 0 aromatic heterocycles. The number of benzene rings is 1. The van der Waals surface area contributed by atoms with E-state index in [1.165, 1.54) is 6.07 Å². The van der Waals surface area contributed by atoms with Gasteiger partial charge in [0.05, 0.1) is 6.61 Å². The van der Waals surface area contributed by atoms with E-state index in [0.717, 1.165) is 30.9 Å². The van der Waals surface area contributed by atoms with Crippen molar-refractivity contribution >= 4 is 24.0 Å². The lowest BCUT2D eigenvalue weighted by Gasteiger charge is -2.28. The van der Waals surface area contributed by atoms with Crippen molar-refractivity contribution in [2.45, 2.75) is 81.7 Å². The second kappa shape index (κ2) is 11.7. The summed E-state index contributed by atoms with van der Waals surface area (Å²) in [5.41, 5.74) is -1.61. The molecule has 1 aliphatic carbocycles. The molecule has 1 aromatic rings. The summed E-state index contributed by atoms with van der Waals surface area (Å²) in [6.07, 6.45) is -0.00435. The normalized spacial score (nSPS) is 26.1. The van der Waals surface area contributed by atoms with Gasteiger partial charge in [-0.05, 0) is 68.2 Å². The summed E-state index contributed by atoms with van der Waals surface area (Å²) < 4.78 is 66.9. The van der Waals surface area contributed by atoms with Crippen molar-refractivity contribution in [1.29, 1.82) is 0 Å². The van der Waals surface area contributed by atoms with E-state index < -0.39 is 41.3 Å². The van der Waals surface area contributed by atoms with E-state index in [1.807, 2.05) is 0 Å². The Morgan fingerprint density at radius 3 is 2.48 bits per heavy atom. The molecule has 1 heterocycles. The van der Waals surface area contributed by atoms with Crippen LogP contribution in [0.15, 0.2) is 12.1 Å². The van der Waals surface area contributed by atoms with Crippen molar-refractivity contribution in [1.82, 2.24) is 0 Å². The predicted octanol–water partition coefficient (Wildman–Crippen LogP) is 6.30. The monoisotopic (exact) mass is 490 g/mol. The number of carbonyl (C=O) groups excluding carboxylic acids is 2. The van der Waals surface area contributed by atoms with Crippen molar-refractivity contribution in [2.75, 3.05) is 12.4 Å². The van der Waals surface area contributed by atoms with Crippen LogP contribution in [0.2, 0.25) is 0 Å². The highest BCUT2D eigenvalue weighted by Gasteiger charge is 2.41. The molecule has 0 radical (unpaired) electrons. The third-order valence-electron chi connectivity index (χ3n) is 6.38. The summed E-state index contributed by atoms with van der Waals surface area (Å²) in [5, 5.41) is 0.248. The average molecular weight is 491 g/mol. The van der Waals surface area contributed by atoms with Gasteiger partial charge in [-0.1, -0.05) is 19.4 Å². The fourth-order valence-electron chi connectivity index (χ4n) is 4.42. The van der Waals surface area contributed by atoms with E-state index in [4.69, 9.17) is 9.47 Å². The molecular weight excluding hydrogens is 460 g/mol. The fraction of sp³-hybridized carbons (Fsp3) is 0.667. The molecule has 2 aliphatic rings. The summed E-state index contributed by atoms with van der Waals surface area (Å²) in [4.78, 5) is 23.4. The first-order chi connectivity index (χ1) is 15.7. The molecule has 2 fully saturated rings. The topological polar surface area (TPSA) is 52.6 Å². The number of esters is 1. The lowest BCUT2D eigenvalue weighted by Crippen LogP contribution is -2.36. The first kappa shape index (κ1) is 26.0. The Balaban J connectivity index is 1.69. The van der Waals surface area contributed by atoms with Gasteiger partial charge in [0.2, 0.25) is 0 Å². The quantitative estimate of drug-likeness (QED) is 0.141. The molecule has 0 spiro atoms. The molecule has 1 aromatic carbocycles. The van der Waals surface area contributed by atoms with E-state index in [2.05, 4.69) is 6.92 Å². The van der Waals surface area contributed by atoms with Gasteiger partial charge in [0, 0.05) is 11.2 Å². The van der Waals surface area contributed by atoms with E-state index in [-0.39, 0.29) is 16.7 Å². The molecule has 0 amide bonds. The molecule has 2 atom stereocenters. The number of halogens is 4. The van der Waals surface area contributed by atoms with Crippen LogP contribution < -0.4 is 4.74 Å². The number of alkyl halides is 3. The number of carbonyl (C=O) groups is 2. The van der Waals surface area contributed by atoms with Gasteiger partial charge in [0.25, 0.3) is 0 Å². The Kier molecular flexibility index (Phi) is 9.21. The Morgan fingerprint density at radius 2 is 1.91 bits per heavy atom. The first-order valence-corrected chi connectivity index (χ1v) is 12.6. The smallest absolute Gasteiger partial charge is 0.422 e. The third-order valence-corrected chi connectivity index (χ3v) is 7.75. The van der Waals surface area contributed by atoms with Crippen LogP contribution in [0.25, 0.3) is 0 Å². The van der Waals surface area contributed by atoms with Crippen molar-refractivity contribution in [2.24, 2.45) is 5.92 Å². The maximum atomic E-state index is 15.1. The fourth-order valence-corrected chi connectivity index (χ4v) is 5.68. The van der Waals surface area contributed by atoms with Crippen molar-refractivity contribution in [3.05, 3.63) is 29.1 Å². The number of thioether (sulfide) groups is 1. The minimum Gasteiger partial charge on any atom is -0.424 e. The largest absolute Gasteiger partial charge is 0.424 e. The zero-order chi connectivity index (χ0) is 24.0. The van der Waals surface area contributed by atoms with Crippen LogP contribution in [0, 0.1) is 11.7 Å². The molecule has 9 heteroatoms. The van der Waals surface area contributed by atoms with E-state index >= 15 is 4.39 Å². The van der Waals surface area contributed by atoms with Gasteiger partial charge in [0.1, 0.15) is 23.4 Å². The summed E-state index contributed by atoms with van der Waals surface area (Å²) in [7, 11) is 0. The standard InChI is InChI=1S/C24H30F4O4S/c1-2-3-12-33-17-8-10-20(31-14-17)23(30)32-19-11-9-18(22(25)21(19)24(26,27)28)16-6-4-15(13-29)5-7-16/h9,11,13,15-17,20H,2-8,10,12,14H2,1H3. The summed E-state index contributed by atoms with van der Waals surface area (Å²) in [6.45, 7) is 2.43. The van der Waals surface area contributed by atoms with Crippen LogP contribution in [0.4, 0.5) is 17.6 Å². The molecule has 3 rings (SSSR count). The van der Waals surface area contributed by atoms with Gasteiger partial charge in [-0.2, -0.15) is 24.9 Å². The predicted molar refractivity (Wildman–Crippen MR) is 118 cm³/mol. The number of unbranched alkanes of at least 4 members (excludes halogenated alkanes) is 1. The SMILES string of the molecule is CCCCSC1CCC(C(=O)Oc2ccc(C3CCC(C=O)CC3)c(F)c2C(F)(F)F)OC1. The molecule has 184 valence electrons. The first-order valence-electron chi connectivity index (χ1n) is 11.5. The van der Waals surface area contributed by atoms with Crippen LogP contribution in [0.3, 0.4) is 0 Å². The van der Waals surface area contributed by atoms with Gasteiger partial charge < -0.3 is 14.3 Å². The lowest BCUT2D eigenvalue weighted by molar-refractivity contribution is -0.153. The summed E-state index contributed by atoms with van der Waals surface area (Å²) in [6, 6.07) is 2.29. The lowest BCUT2D eigenvalue weighted by atomic mass is 9.78. The third kappa shape index (κ3) is 6.72. The number of aldehydes is 1. The van der Waals surface area contributed by atoms with Crippen LogP contribution in [-0.2, 0) is 20.5 Å². The zero-order valence-electron chi connectivity index (χ0n) is 18.7. The van der Waals surface area contributed by atoms with Crippen molar-refractivity contribution < 1.29 is 36.6 Å². The Morgan fingerprint density at radius 1 is 1.18 bits per heavy atom. The molecule has 0 bridgehead atoms. The number of ether oxygens (including phenoxy) is 2. The van der Waals surface area contributed by atoms with E-state index in [0.29, 0.717) is 45.1 Å². The van der Waals surface area contributed by atoms with Crippen LogP contribution >= 0.6 is 11.8 Å². The average Bonchev–Trinajstić information content (AvgIpc) is 2.79. The van der Waals surface area contributed by atoms with Gasteiger partial charge in [-0.25, -0.2) is 9.18 Å². The van der Waals surface area contributed by atoms with Crippen LogP contribution in [0.1, 0.15) is 75.3 Å². The highest BCUT2D eigenvalue weighted by molar-refractivity contribution is 7.99. The van der Waals surface area contributed by atoms with Crippen molar-refractivity contribution in [3.8, 4) is 5.75 Å². The van der Waals surface area contributed by atoms with Crippen LogP contribution in [0.5, 0.6) is 5.75 Å². The van der Waals surface area contributed by atoms with Gasteiger partial charge in [-0.3, -0.25) is 0 Å². The maximum Gasteiger partial charge on any atom is 0.422 e. The van der Waals surface area contributed by atoms with Gasteiger partial charge in [-0.15, -0.1) is 0 Å². The Hall–Kier alpha value is -1.61. The molecule has 1 aliphatic heterocycles. The molecule has 1 saturated heterocycles. The van der Waals surface area contributed by atoms with Crippen LogP contribution in [-0.4, -0.2) is 36.0 Å². The zero-order valence-corrected chi connectivity index (χ0v) is 19.5. The second-order valence-corrected chi connectivity index (χ2v) is 10.2. The molecule has 2 unspecified atom stereocenters. The number of hydrogen-bond donors (Lipinski definition) is 0. The number of rotatable bonds is 8. The molecule has 4 nitrogen and oxygen atoms in total. The summed E-state index contributed by atoms with van der Waals surface area (Å²) >= 11 is 1.77. The Bertz CT molecular complexity index is 813. The minimum absolute atomic E-state index is 0.0488. The molecule has 33 heavy (non-hydrogen) atoms. The number of hydrogen-bond acceptors (Lipinski definition) is 5. The summed E-state index contributed by atoms with van der Waals surface area (Å²) in [5.74, 6) is -2.71. The van der Waals surface area contributed by atoms with Crippen molar-refractivity contribution in [3.63, 3.8) is 0 Å². The maximum absolute atomic E-state index is 15.1. The van der Waals surface area contributed by atoms with Gasteiger partial charge in [0.15, 0.2) is 6.10 Å². The van der Waals surface area contributed by atoms with E-state index in [1.54, 1.807) is 11.8 Å². The highest BCUT2D eigenvalue weighted by atomic mass is 32.2. The second-order valence-electron chi connectivity index (χ2n) is 8.75. The van der Waals surface area contributed by atoms with Gasteiger partial charge >= 0.3 is 12.1 Å². The minimum atomic E-state index is -5.02. The molecule has 1 saturated carbocycles.